The van der Waals surface area contributed by atoms with E-state index in [2.05, 4.69) is 18.8 Å². The first-order valence-electron chi connectivity index (χ1n) is 8.52. The van der Waals surface area contributed by atoms with E-state index in [1.165, 1.54) is 6.07 Å². The minimum absolute atomic E-state index is 0.238. The smallest absolute Gasteiger partial charge is 0.221 e. The van der Waals surface area contributed by atoms with Crippen molar-refractivity contribution in [2.45, 2.75) is 13.8 Å². The van der Waals surface area contributed by atoms with Crippen LogP contribution < -0.4 is 4.74 Å². The topological polar surface area (TPSA) is 31.4 Å². The summed E-state index contributed by atoms with van der Waals surface area (Å²) in [5.74, 6) is 0.539. The number of allylic oxidation sites excluding steroid dienone is 1. The summed E-state index contributed by atoms with van der Waals surface area (Å²) >= 11 is 0. The van der Waals surface area contributed by atoms with Crippen molar-refractivity contribution < 1.29 is 13.9 Å². The summed E-state index contributed by atoms with van der Waals surface area (Å²) in [6.45, 7) is 4.18. The number of benzene rings is 2. The van der Waals surface area contributed by atoms with Gasteiger partial charge in [0.15, 0.2) is 0 Å². The number of methoxy groups -OCH3 is 2. The Balaban J connectivity index is 2.10. The van der Waals surface area contributed by atoms with Crippen LogP contribution in [-0.4, -0.2) is 19.2 Å². The van der Waals surface area contributed by atoms with Gasteiger partial charge in [0.25, 0.3) is 0 Å². The van der Waals surface area contributed by atoms with Crippen LogP contribution in [0.3, 0.4) is 0 Å². The zero-order valence-corrected chi connectivity index (χ0v) is 15.4. The second-order valence-electron chi connectivity index (χ2n) is 6.39. The Hall–Kier alpha value is -2.88. The third-order valence-corrected chi connectivity index (χ3v) is 4.36. The first kappa shape index (κ1) is 17.9. The molecule has 0 aliphatic carbocycles. The quantitative estimate of drug-likeness (QED) is 0.553. The van der Waals surface area contributed by atoms with Gasteiger partial charge in [0.1, 0.15) is 5.82 Å². The van der Waals surface area contributed by atoms with E-state index in [0.29, 0.717) is 11.3 Å². The Morgan fingerprint density at radius 2 is 1.88 bits per heavy atom. The molecule has 4 heteroatoms. The Morgan fingerprint density at radius 3 is 2.58 bits per heavy atom. The second-order valence-corrected chi connectivity index (χ2v) is 6.39. The molecule has 0 radical (unpaired) electrons. The van der Waals surface area contributed by atoms with E-state index in [0.717, 1.165) is 27.8 Å². The molecule has 0 saturated carbocycles. The number of hydrogen-bond acceptors (Lipinski definition) is 3. The Morgan fingerprint density at radius 1 is 1.08 bits per heavy atom. The van der Waals surface area contributed by atoms with Crippen LogP contribution in [0.15, 0.2) is 54.8 Å². The van der Waals surface area contributed by atoms with Gasteiger partial charge in [-0.3, -0.25) is 0 Å². The number of aromatic nitrogens is 1. The lowest BCUT2D eigenvalue weighted by molar-refractivity contribution is 0.337. The molecule has 3 rings (SSSR count). The molecule has 0 amide bonds. The van der Waals surface area contributed by atoms with Crippen molar-refractivity contribution in [3.8, 4) is 17.1 Å². The van der Waals surface area contributed by atoms with E-state index >= 15 is 0 Å². The van der Waals surface area contributed by atoms with Crippen LogP contribution in [0.25, 0.3) is 27.6 Å². The van der Waals surface area contributed by atoms with Gasteiger partial charge in [0, 0.05) is 22.1 Å². The molecule has 0 spiro atoms. The van der Waals surface area contributed by atoms with Crippen molar-refractivity contribution in [3.05, 3.63) is 66.2 Å². The van der Waals surface area contributed by atoms with Gasteiger partial charge in [-0.1, -0.05) is 38.1 Å². The average molecular weight is 351 g/mol. The fraction of sp³-hybridized carbons (Fsp3) is 0.227. The van der Waals surface area contributed by atoms with Crippen molar-refractivity contribution in [2.75, 3.05) is 14.2 Å². The number of halogens is 1. The number of ether oxygens (including phenoxy) is 2. The normalized spacial score (nSPS) is 11.8. The van der Waals surface area contributed by atoms with E-state index in [-0.39, 0.29) is 11.7 Å². The summed E-state index contributed by atoms with van der Waals surface area (Å²) in [4.78, 5) is 4.64. The lowest BCUT2D eigenvalue weighted by atomic mass is 9.96. The van der Waals surface area contributed by atoms with Crippen molar-refractivity contribution in [2.24, 2.45) is 5.92 Å². The predicted molar refractivity (Wildman–Crippen MR) is 104 cm³/mol. The zero-order chi connectivity index (χ0) is 18.7. The van der Waals surface area contributed by atoms with Gasteiger partial charge in [0.05, 0.1) is 26.2 Å². The van der Waals surface area contributed by atoms with Crippen molar-refractivity contribution in [3.63, 3.8) is 0 Å². The highest BCUT2D eigenvalue weighted by Gasteiger charge is 2.15. The monoisotopic (exact) mass is 351 g/mol. The first-order chi connectivity index (χ1) is 12.5. The molecule has 134 valence electrons. The number of fused-ring (bicyclic) bond motifs is 1. The molecule has 3 aromatic rings. The highest BCUT2D eigenvalue weighted by atomic mass is 19.1. The minimum Gasteiger partial charge on any atom is -0.504 e. The molecule has 3 nitrogen and oxygen atoms in total. The average Bonchev–Trinajstić information content (AvgIpc) is 2.65. The molecule has 26 heavy (non-hydrogen) atoms. The van der Waals surface area contributed by atoms with E-state index in [9.17, 15) is 4.39 Å². The van der Waals surface area contributed by atoms with Gasteiger partial charge in [-0.25, -0.2) is 9.37 Å². The van der Waals surface area contributed by atoms with Gasteiger partial charge in [0.2, 0.25) is 5.88 Å². The maximum Gasteiger partial charge on any atom is 0.221 e. The van der Waals surface area contributed by atoms with Crippen LogP contribution >= 0.6 is 0 Å². The molecule has 0 N–H and O–H groups in total. The molecule has 0 atom stereocenters. The zero-order valence-electron chi connectivity index (χ0n) is 15.4. The van der Waals surface area contributed by atoms with Gasteiger partial charge in [-0.2, -0.15) is 0 Å². The summed E-state index contributed by atoms with van der Waals surface area (Å²) < 4.78 is 24.8. The highest BCUT2D eigenvalue weighted by Crippen LogP contribution is 2.33. The molecule has 0 bridgehead atoms. The summed E-state index contributed by atoms with van der Waals surface area (Å²) in [6, 6.07) is 14.6. The summed E-state index contributed by atoms with van der Waals surface area (Å²) in [5, 5.41) is 1.44. The van der Waals surface area contributed by atoms with E-state index in [4.69, 9.17) is 9.47 Å². The van der Waals surface area contributed by atoms with Gasteiger partial charge in [-0.05, 0) is 35.6 Å². The fourth-order valence-electron chi connectivity index (χ4n) is 3.01. The van der Waals surface area contributed by atoms with E-state index in [1.54, 1.807) is 26.5 Å². The summed E-state index contributed by atoms with van der Waals surface area (Å²) in [6.07, 6.45) is 1.72. The van der Waals surface area contributed by atoms with Gasteiger partial charge >= 0.3 is 0 Å². The lowest BCUT2D eigenvalue weighted by Crippen LogP contribution is -2.01. The predicted octanol–water partition coefficient (Wildman–Crippen LogP) is 5.69. The van der Waals surface area contributed by atoms with Crippen molar-refractivity contribution in [1.29, 1.82) is 0 Å². The molecule has 0 aliphatic heterocycles. The summed E-state index contributed by atoms with van der Waals surface area (Å²) in [5.41, 5.74) is 3.47. The van der Waals surface area contributed by atoms with Crippen LogP contribution in [0.5, 0.6) is 5.88 Å². The second kappa shape index (κ2) is 7.56. The Bertz CT molecular complexity index is 964. The van der Waals surface area contributed by atoms with Gasteiger partial charge in [-0.15, -0.1) is 0 Å². The third kappa shape index (κ3) is 3.40. The lowest BCUT2D eigenvalue weighted by Gasteiger charge is -2.15. The van der Waals surface area contributed by atoms with E-state index in [1.807, 2.05) is 36.4 Å². The Kier molecular flexibility index (Phi) is 5.21. The van der Waals surface area contributed by atoms with Crippen molar-refractivity contribution >= 4 is 16.3 Å². The Labute approximate surface area is 153 Å². The molecule has 0 aliphatic rings. The molecular weight excluding hydrogens is 329 g/mol. The fourth-order valence-corrected chi connectivity index (χ4v) is 3.01. The molecule has 0 fully saturated rings. The minimum atomic E-state index is -0.238. The number of nitrogens with zero attached hydrogens (tertiary/aromatic N) is 1. The standard InChI is InChI=1S/C22H22FNO2/c1-14(2)19(13-25-3)17-10-11-21(24-22(17)26-4)16-9-8-15-6-5-7-20(23)18(15)12-16/h5-14H,1-4H3/b19-13-. The molecule has 1 heterocycles. The number of hydrogen-bond donors (Lipinski definition) is 0. The van der Waals surface area contributed by atoms with E-state index < -0.39 is 0 Å². The molecule has 1 aromatic heterocycles. The van der Waals surface area contributed by atoms with Gasteiger partial charge < -0.3 is 9.47 Å². The number of pyridine rings is 1. The van der Waals surface area contributed by atoms with Crippen LogP contribution in [-0.2, 0) is 4.74 Å². The highest BCUT2D eigenvalue weighted by molar-refractivity contribution is 5.87. The molecule has 2 aromatic carbocycles. The molecule has 0 unspecified atom stereocenters. The maximum absolute atomic E-state index is 14.1. The summed E-state index contributed by atoms with van der Waals surface area (Å²) in [7, 11) is 3.22. The number of rotatable bonds is 5. The van der Waals surface area contributed by atoms with Crippen LogP contribution in [0.4, 0.5) is 4.39 Å². The molecular formula is C22H22FNO2. The largest absolute Gasteiger partial charge is 0.504 e. The maximum atomic E-state index is 14.1. The SMILES string of the molecule is CO/C=C(\c1ccc(-c2ccc3cccc(F)c3c2)nc1OC)C(C)C. The first-order valence-corrected chi connectivity index (χ1v) is 8.52. The van der Waals surface area contributed by atoms with Crippen molar-refractivity contribution in [1.82, 2.24) is 4.98 Å². The van der Waals surface area contributed by atoms with Crippen LogP contribution in [0, 0.1) is 11.7 Å². The van der Waals surface area contributed by atoms with Crippen LogP contribution in [0.2, 0.25) is 0 Å². The van der Waals surface area contributed by atoms with Crippen LogP contribution in [0.1, 0.15) is 19.4 Å². The third-order valence-electron chi connectivity index (χ3n) is 4.36. The molecule has 0 saturated heterocycles.